The zero-order chi connectivity index (χ0) is 110. The second-order valence-electron chi connectivity index (χ2n) is 32.6. The lowest BCUT2D eigenvalue weighted by atomic mass is 10.0. The summed E-state index contributed by atoms with van der Waals surface area (Å²) in [7, 11) is 0. The van der Waals surface area contributed by atoms with Gasteiger partial charge in [-0.25, -0.2) is 0 Å². The van der Waals surface area contributed by atoms with Gasteiger partial charge in [0.15, 0.2) is 0 Å². The van der Waals surface area contributed by atoms with Crippen LogP contribution in [0.15, 0.2) is 594 Å². The number of anilines is 18. The zero-order valence-corrected chi connectivity index (χ0v) is 74.7. The molecule has 22 aromatic carbocycles. The van der Waals surface area contributed by atoms with E-state index >= 15 is 0 Å². The third-order valence-electron chi connectivity index (χ3n) is 24.1. The van der Waals surface area contributed by atoms with Crippen molar-refractivity contribution < 1.29 is 27.4 Å². The summed E-state index contributed by atoms with van der Waals surface area (Å²) in [6.45, 7) is 0. The number of rotatable bonds is 26. The van der Waals surface area contributed by atoms with Crippen molar-refractivity contribution >= 4 is 102 Å². The Morgan fingerprint density at radius 2 is 0.196 bits per heavy atom. The average molecular weight is 1790 g/mol. The van der Waals surface area contributed by atoms with Crippen LogP contribution in [0.25, 0.3) is 89.0 Å². The van der Waals surface area contributed by atoms with Crippen molar-refractivity contribution in [3.05, 3.63) is 594 Å². The highest BCUT2D eigenvalue weighted by molar-refractivity contribution is 5.89. The second kappa shape index (κ2) is 41.2. The van der Waals surface area contributed by atoms with Gasteiger partial charge in [-0.15, -0.1) is 0 Å². The molecule has 22 rings (SSSR count). The van der Waals surface area contributed by atoms with E-state index in [4.69, 9.17) is 27.4 Å². The lowest BCUT2D eigenvalue weighted by molar-refractivity contribution is 1.28. The van der Waals surface area contributed by atoms with Crippen LogP contribution in [-0.4, -0.2) is 0 Å². The molecule has 0 amide bonds. The molecule has 0 aliphatic heterocycles. The quantitative estimate of drug-likeness (QED) is 0.0534. The lowest BCUT2D eigenvalue weighted by Gasteiger charge is -2.27. The smallest absolute Gasteiger partial charge is 0.0645 e. The van der Waals surface area contributed by atoms with E-state index < -0.39 is 48.3 Å². The molecule has 0 aliphatic carbocycles. The van der Waals surface area contributed by atoms with Crippen LogP contribution in [0.1, 0.15) is 27.4 Å². The van der Waals surface area contributed by atoms with Crippen molar-refractivity contribution in [1.82, 2.24) is 0 Å². The molecule has 0 spiro atoms. The first-order valence-electron chi connectivity index (χ1n) is 55.3. The van der Waals surface area contributed by atoms with Gasteiger partial charge in [-0.3, -0.25) is 0 Å². The van der Waals surface area contributed by atoms with Crippen LogP contribution in [0.3, 0.4) is 0 Å². The Balaban J connectivity index is 0.000000185. The minimum Gasteiger partial charge on any atom is -0.311 e. The third kappa shape index (κ3) is 19.6. The molecule has 0 aliphatic rings. The highest BCUT2D eigenvalue weighted by atomic mass is 15.2. The Morgan fingerprint density at radius 1 is 0.0870 bits per heavy atom. The van der Waals surface area contributed by atoms with Crippen molar-refractivity contribution in [1.29, 1.82) is 0 Å². The Bertz CT molecular complexity index is 8250. The van der Waals surface area contributed by atoms with Crippen LogP contribution in [-0.2, 0) is 0 Å². The van der Waals surface area contributed by atoms with Crippen LogP contribution in [0.4, 0.5) is 102 Å². The van der Waals surface area contributed by atoms with Gasteiger partial charge in [-0.05, 0) is 307 Å². The maximum atomic E-state index is 9.08. The maximum absolute atomic E-state index is 9.08. The molecule has 0 fully saturated rings. The molecule has 0 N–H and O–H groups in total. The molecule has 656 valence electrons. The van der Waals surface area contributed by atoms with E-state index in [0.29, 0.717) is 33.9 Å². The van der Waals surface area contributed by atoms with Gasteiger partial charge in [0, 0.05) is 102 Å². The Morgan fingerprint density at radius 3 is 0.348 bits per heavy atom. The molecule has 0 unspecified atom stereocenters. The van der Waals surface area contributed by atoms with Gasteiger partial charge < -0.3 is 29.4 Å². The van der Waals surface area contributed by atoms with Crippen LogP contribution >= 0.6 is 0 Å². The first-order valence-corrected chi connectivity index (χ1v) is 45.3. The number of hydrogen-bond donors (Lipinski definition) is 0. The highest BCUT2D eigenvalue weighted by Gasteiger charge is 2.22. The minimum absolute atomic E-state index is 0.000174. The van der Waals surface area contributed by atoms with E-state index in [1.165, 1.54) is 0 Å². The fraction of sp³-hybridized carbons (Fsp3) is 0. The van der Waals surface area contributed by atoms with E-state index in [9.17, 15) is 0 Å². The molecule has 22 aromatic rings. The molecule has 0 atom stereocenters. The van der Waals surface area contributed by atoms with Gasteiger partial charge in [-0.1, -0.05) is 376 Å². The standard InChI is InChI=1S/C72H54N4.C60H44N2/c1-7-19-61(20-8-1)73(62-21-9-2-10-22-62)67-43-31-55(32-44-67)57-35-47-69(48-36-57)75(65-27-15-5-16-28-65)71-51-39-59(40-52-71)60-41-53-72(54-42-60)76(66-29-17-6-18-30-66)70-49-37-58(38-50-70)56-33-45-68(46-34-56)74(63-23-11-3-12-24-63)64-25-13-4-14-26-64;1-5-13-45(14-6-1)49-21-33-55(34-22-49)61(56-35-23-50(24-36-56)46-15-7-2-8-16-46)59-41-29-53(30-42-59)54-31-43-60(44-32-54)62(57-37-25-51(26-38-57)47-17-9-3-10-18-47)58-39-27-52(28-40-58)48-19-11-4-12-20-48/h1-54H;1-44H/i5D,6D,15D,16D,17D,18D,27D,28D,29D,30D;1D,3D,5D,6D,9D,10D,13D,14D,17D,18D. The maximum Gasteiger partial charge on any atom is 0.0645 e. The molecule has 0 bridgehead atoms. The average Bonchev–Trinajstić information content (AvgIpc) is 0.754. The van der Waals surface area contributed by atoms with Crippen LogP contribution in [0.2, 0.25) is 0 Å². The summed E-state index contributed by atoms with van der Waals surface area (Å²) in [6, 6.07) is 148. The Hall–Kier alpha value is -18.4. The molecular weight excluding hydrogens is 1670 g/mol. The number of nitrogens with zero attached hydrogens (tertiary/aromatic N) is 6. The highest BCUT2D eigenvalue weighted by Crippen LogP contribution is 2.46. The van der Waals surface area contributed by atoms with Gasteiger partial charge in [-0.2, -0.15) is 0 Å². The number of hydrogen-bond acceptors (Lipinski definition) is 6. The number of benzene rings is 22. The zero-order valence-electron chi connectivity index (χ0n) is 94.7. The van der Waals surface area contributed by atoms with Gasteiger partial charge in [0.25, 0.3) is 0 Å². The van der Waals surface area contributed by atoms with Gasteiger partial charge >= 0.3 is 0 Å². The molecule has 138 heavy (non-hydrogen) atoms. The molecule has 0 saturated carbocycles. The summed E-state index contributed by atoms with van der Waals surface area (Å²) in [5, 5.41) is 0. The van der Waals surface area contributed by atoms with Gasteiger partial charge in [0.2, 0.25) is 0 Å². The summed E-state index contributed by atoms with van der Waals surface area (Å²) < 4.78 is 171. The van der Waals surface area contributed by atoms with Crippen molar-refractivity contribution in [2.45, 2.75) is 0 Å². The first kappa shape index (κ1) is 66.1. The monoisotopic (exact) mass is 1790 g/mol. The van der Waals surface area contributed by atoms with Crippen LogP contribution in [0, 0.1) is 0 Å². The molecule has 6 heteroatoms. The summed E-state index contributed by atoms with van der Waals surface area (Å²) in [5.74, 6) is 0. The van der Waals surface area contributed by atoms with E-state index in [-0.39, 0.29) is 95.0 Å². The van der Waals surface area contributed by atoms with Crippen molar-refractivity contribution in [2.24, 2.45) is 0 Å². The fourth-order valence-corrected chi connectivity index (χ4v) is 17.3. The summed E-state index contributed by atoms with van der Waals surface area (Å²) >= 11 is 0. The molecule has 6 nitrogen and oxygen atoms in total. The molecule has 0 radical (unpaired) electrons. The molecule has 0 heterocycles. The SMILES string of the molecule is [2H]c1c([2H])c([2H])c(-c2ccc(N(c3ccc(-c4ccccc4)cc3)c3ccc(-c4ccc(N(c5ccc(-c6ccccc6)cc5)c5ccc(-c6c([2H])c([2H])c([2H])c([2H])c6[2H])cc5)cc4)cc3)cc2)c([2H])c1[2H].[2H]c1c([2H])c([2H])c(N(c2ccc(-c3ccc(N(c4ccccc4)c4ccccc4)cc3)cc2)c2ccc(-c3ccc(N(c4ccc(-c5ccc(N(c6ccccc6)c6ccccc6)cc5)cc4)c4c([2H])c([2H])c([2H])c([2H])c4[2H])cc3)cc2)c([2H])c1[2H]. The second-order valence-corrected chi connectivity index (χ2v) is 32.6. The normalized spacial score (nSPS) is 12.9. The topological polar surface area (TPSA) is 19.4 Å². The third-order valence-corrected chi connectivity index (χ3v) is 24.1. The van der Waals surface area contributed by atoms with Crippen molar-refractivity contribution in [2.75, 3.05) is 29.4 Å². The van der Waals surface area contributed by atoms with Crippen LogP contribution in [0.5, 0.6) is 0 Å². The lowest BCUT2D eigenvalue weighted by Crippen LogP contribution is -2.10. The predicted molar refractivity (Wildman–Crippen MR) is 584 cm³/mol. The van der Waals surface area contributed by atoms with Crippen LogP contribution < -0.4 is 29.4 Å². The van der Waals surface area contributed by atoms with Crippen molar-refractivity contribution in [3.63, 3.8) is 0 Å². The Kier molecular flexibility index (Phi) is 19.7. The molecule has 0 aromatic heterocycles. The van der Waals surface area contributed by atoms with E-state index in [1.54, 1.807) is 34.1 Å². The summed E-state index contributed by atoms with van der Waals surface area (Å²) in [4.78, 5) is 12.0. The largest absolute Gasteiger partial charge is 0.311 e. The van der Waals surface area contributed by atoms with E-state index in [1.807, 2.05) is 231 Å². The Labute approximate surface area is 837 Å². The first-order chi connectivity index (χ1) is 76.7. The molecule has 0 saturated heterocycles. The van der Waals surface area contributed by atoms with Gasteiger partial charge in [0.1, 0.15) is 0 Å². The summed E-state index contributed by atoms with van der Waals surface area (Å²) in [5.41, 5.74) is 26.6. The number of para-hydroxylation sites is 6. The van der Waals surface area contributed by atoms with Crippen molar-refractivity contribution in [3.8, 4) is 89.0 Å². The fourth-order valence-electron chi connectivity index (χ4n) is 17.3. The molecular formula is C132H98N6. The van der Waals surface area contributed by atoms with E-state index in [0.717, 1.165) is 135 Å². The van der Waals surface area contributed by atoms with E-state index in [2.05, 4.69) is 238 Å². The predicted octanol–water partition coefficient (Wildman–Crippen LogP) is 37.5. The summed E-state index contributed by atoms with van der Waals surface area (Å²) in [6.07, 6.45) is 0. The van der Waals surface area contributed by atoms with Gasteiger partial charge in [0.05, 0.1) is 27.4 Å². The minimum atomic E-state index is -0.488.